The first-order valence-corrected chi connectivity index (χ1v) is 9.89. The summed E-state index contributed by atoms with van der Waals surface area (Å²) < 4.78 is 6.47. The molecule has 2 aromatic carbocycles. The Morgan fingerprint density at radius 1 is 1.15 bits per heavy atom. The lowest BCUT2D eigenvalue weighted by Gasteiger charge is -2.20. The number of rotatable bonds is 6. The number of amides is 1. The van der Waals surface area contributed by atoms with Crippen molar-refractivity contribution < 1.29 is 9.53 Å². The van der Waals surface area contributed by atoms with E-state index in [0.29, 0.717) is 35.2 Å². The summed E-state index contributed by atoms with van der Waals surface area (Å²) in [5.74, 6) is 0.511. The molecular formula is C20H22BrCl2NO2. The third-order valence-electron chi connectivity index (χ3n) is 3.81. The van der Waals surface area contributed by atoms with E-state index in [4.69, 9.17) is 27.9 Å². The molecule has 0 saturated heterocycles. The molecule has 140 valence electrons. The molecule has 0 aliphatic heterocycles. The minimum Gasteiger partial charge on any atom is -0.492 e. The SMILES string of the molecule is CC(C)(C)c1ccc(NC(=O)CCCOc2ccc(Cl)cc2Cl)c(Br)c1. The molecule has 26 heavy (non-hydrogen) atoms. The molecule has 2 aromatic rings. The van der Waals surface area contributed by atoms with Crippen LogP contribution >= 0.6 is 39.1 Å². The summed E-state index contributed by atoms with van der Waals surface area (Å²) in [6.07, 6.45) is 0.946. The number of ether oxygens (including phenoxy) is 1. The standard InChI is InChI=1S/C20H22BrCl2NO2/c1-20(2,3)13-6-8-17(15(21)11-13)24-19(25)5-4-10-26-18-9-7-14(22)12-16(18)23/h6-9,11-12H,4-5,10H2,1-3H3,(H,24,25). The average molecular weight is 459 g/mol. The third kappa shape index (κ3) is 6.19. The van der Waals surface area contributed by atoms with E-state index in [-0.39, 0.29) is 11.3 Å². The van der Waals surface area contributed by atoms with Crippen LogP contribution in [0.25, 0.3) is 0 Å². The van der Waals surface area contributed by atoms with Gasteiger partial charge in [-0.15, -0.1) is 0 Å². The molecule has 6 heteroatoms. The van der Waals surface area contributed by atoms with Crippen LogP contribution < -0.4 is 10.1 Å². The largest absolute Gasteiger partial charge is 0.492 e. The zero-order valence-corrected chi connectivity index (χ0v) is 18.1. The summed E-state index contributed by atoms with van der Waals surface area (Å²) in [6.45, 7) is 6.86. The Balaban J connectivity index is 1.82. The van der Waals surface area contributed by atoms with E-state index in [1.54, 1.807) is 18.2 Å². The fourth-order valence-electron chi connectivity index (χ4n) is 2.30. The van der Waals surface area contributed by atoms with Gasteiger partial charge in [-0.3, -0.25) is 4.79 Å². The minimum absolute atomic E-state index is 0.0555. The number of hydrogen-bond acceptors (Lipinski definition) is 2. The number of carbonyl (C=O) groups is 1. The summed E-state index contributed by atoms with van der Waals surface area (Å²) in [5, 5.41) is 3.94. The van der Waals surface area contributed by atoms with Gasteiger partial charge in [0.1, 0.15) is 5.75 Å². The van der Waals surface area contributed by atoms with Crippen LogP contribution in [0.4, 0.5) is 5.69 Å². The zero-order valence-electron chi connectivity index (χ0n) is 15.0. The van der Waals surface area contributed by atoms with Gasteiger partial charge in [-0.25, -0.2) is 0 Å². The van der Waals surface area contributed by atoms with Crippen LogP contribution in [0, 0.1) is 0 Å². The number of halogens is 3. The summed E-state index contributed by atoms with van der Waals surface area (Å²) in [6, 6.07) is 11.1. The Morgan fingerprint density at radius 2 is 1.88 bits per heavy atom. The highest BCUT2D eigenvalue weighted by Crippen LogP contribution is 2.30. The minimum atomic E-state index is -0.0555. The fourth-order valence-corrected chi connectivity index (χ4v) is 3.24. The Morgan fingerprint density at radius 3 is 2.50 bits per heavy atom. The molecule has 0 atom stereocenters. The second-order valence-electron chi connectivity index (χ2n) is 7.02. The molecule has 0 fully saturated rings. The van der Waals surface area contributed by atoms with Crippen molar-refractivity contribution >= 4 is 50.7 Å². The first-order chi connectivity index (χ1) is 12.2. The lowest BCUT2D eigenvalue weighted by Crippen LogP contribution is -2.15. The van der Waals surface area contributed by atoms with Crippen molar-refractivity contribution in [3.8, 4) is 5.75 Å². The van der Waals surface area contributed by atoms with Gasteiger partial charge in [0.15, 0.2) is 0 Å². The van der Waals surface area contributed by atoms with Crippen molar-refractivity contribution in [2.45, 2.75) is 39.0 Å². The molecule has 3 nitrogen and oxygen atoms in total. The van der Waals surface area contributed by atoms with Gasteiger partial charge >= 0.3 is 0 Å². The summed E-state index contributed by atoms with van der Waals surface area (Å²) >= 11 is 15.4. The van der Waals surface area contributed by atoms with Gasteiger partial charge in [0.2, 0.25) is 5.91 Å². The van der Waals surface area contributed by atoms with E-state index in [1.165, 1.54) is 5.56 Å². The van der Waals surface area contributed by atoms with Gasteiger partial charge in [-0.1, -0.05) is 50.0 Å². The number of nitrogens with one attached hydrogen (secondary N) is 1. The third-order valence-corrected chi connectivity index (χ3v) is 5.00. The van der Waals surface area contributed by atoms with Gasteiger partial charge in [0.05, 0.1) is 17.3 Å². The number of hydrogen-bond donors (Lipinski definition) is 1. The molecule has 0 bridgehead atoms. The van der Waals surface area contributed by atoms with Crippen molar-refractivity contribution in [2.24, 2.45) is 0 Å². The van der Waals surface area contributed by atoms with Crippen LogP contribution in [0.5, 0.6) is 5.75 Å². The average Bonchev–Trinajstić information content (AvgIpc) is 2.54. The Kier molecular flexibility index (Phi) is 7.39. The Labute approximate surface area is 173 Å². The Hall–Kier alpha value is -1.23. The van der Waals surface area contributed by atoms with Crippen LogP contribution in [-0.4, -0.2) is 12.5 Å². The van der Waals surface area contributed by atoms with Crippen molar-refractivity contribution in [3.05, 3.63) is 56.5 Å². The number of benzene rings is 2. The molecule has 0 saturated carbocycles. The van der Waals surface area contributed by atoms with Crippen LogP contribution in [0.2, 0.25) is 10.0 Å². The molecule has 0 heterocycles. The van der Waals surface area contributed by atoms with Crippen molar-refractivity contribution in [2.75, 3.05) is 11.9 Å². The maximum atomic E-state index is 12.1. The van der Waals surface area contributed by atoms with Gasteiger partial charge in [0, 0.05) is 15.9 Å². The number of anilines is 1. The normalized spacial score (nSPS) is 11.3. The first kappa shape index (κ1) is 21.1. The predicted octanol–water partition coefficient (Wildman–Crippen LogP) is 6.85. The molecule has 0 aromatic heterocycles. The second kappa shape index (κ2) is 9.12. The van der Waals surface area contributed by atoms with Crippen molar-refractivity contribution in [1.82, 2.24) is 0 Å². The van der Waals surface area contributed by atoms with E-state index in [1.807, 2.05) is 18.2 Å². The molecule has 1 N–H and O–H groups in total. The van der Waals surface area contributed by atoms with E-state index >= 15 is 0 Å². The van der Waals surface area contributed by atoms with E-state index in [9.17, 15) is 4.79 Å². The highest BCUT2D eigenvalue weighted by Gasteiger charge is 2.15. The van der Waals surface area contributed by atoms with Crippen LogP contribution in [0.3, 0.4) is 0 Å². The molecule has 1 amide bonds. The topological polar surface area (TPSA) is 38.3 Å². The highest BCUT2D eigenvalue weighted by molar-refractivity contribution is 9.10. The quantitative estimate of drug-likeness (QED) is 0.480. The zero-order chi connectivity index (χ0) is 19.3. The van der Waals surface area contributed by atoms with E-state index in [2.05, 4.69) is 42.0 Å². The molecule has 0 spiro atoms. The molecule has 0 aliphatic rings. The van der Waals surface area contributed by atoms with Crippen LogP contribution in [-0.2, 0) is 10.2 Å². The van der Waals surface area contributed by atoms with Gasteiger partial charge < -0.3 is 10.1 Å². The molecule has 0 unspecified atom stereocenters. The Bertz CT molecular complexity index is 788. The molecular weight excluding hydrogens is 437 g/mol. The lowest BCUT2D eigenvalue weighted by atomic mass is 9.87. The lowest BCUT2D eigenvalue weighted by molar-refractivity contribution is -0.116. The van der Waals surface area contributed by atoms with Gasteiger partial charge in [-0.05, 0) is 63.7 Å². The van der Waals surface area contributed by atoms with Crippen molar-refractivity contribution in [1.29, 1.82) is 0 Å². The van der Waals surface area contributed by atoms with Gasteiger partial charge in [0.25, 0.3) is 0 Å². The highest BCUT2D eigenvalue weighted by atomic mass is 79.9. The number of carbonyl (C=O) groups excluding carboxylic acids is 1. The van der Waals surface area contributed by atoms with E-state index < -0.39 is 0 Å². The maximum Gasteiger partial charge on any atom is 0.224 e. The predicted molar refractivity (Wildman–Crippen MR) is 113 cm³/mol. The summed E-state index contributed by atoms with van der Waals surface area (Å²) in [7, 11) is 0. The summed E-state index contributed by atoms with van der Waals surface area (Å²) in [5.41, 5.74) is 2.03. The summed E-state index contributed by atoms with van der Waals surface area (Å²) in [4.78, 5) is 12.1. The van der Waals surface area contributed by atoms with Crippen LogP contribution in [0.1, 0.15) is 39.2 Å². The first-order valence-electron chi connectivity index (χ1n) is 8.34. The molecule has 0 aliphatic carbocycles. The monoisotopic (exact) mass is 457 g/mol. The van der Waals surface area contributed by atoms with Gasteiger partial charge in [-0.2, -0.15) is 0 Å². The smallest absolute Gasteiger partial charge is 0.224 e. The maximum absolute atomic E-state index is 12.1. The van der Waals surface area contributed by atoms with Crippen molar-refractivity contribution in [3.63, 3.8) is 0 Å². The molecule has 2 rings (SSSR count). The fraction of sp³-hybridized carbons (Fsp3) is 0.350. The molecule has 0 radical (unpaired) electrons. The second-order valence-corrected chi connectivity index (χ2v) is 8.72. The van der Waals surface area contributed by atoms with Crippen LogP contribution in [0.15, 0.2) is 40.9 Å². The van der Waals surface area contributed by atoms with E-state index in [0.717, 1.165) is 10.2 Å².